The topological polar surface area (TPSA) is 112 Å². The Hall–Kier alpha value is -1.76. The molecule has 0 heterocycles. The highest BCUT2D eigenvalue weighted by Gasteiger charge is 2.28. The number of hydrogen-bond donors (Lipinski definition) is 2. The molecule has 112 valence electrons. The van der Waals surface area contributed by atoms with Crippen LogP contribution in [0.3, 0.4) is 0 Å². The van der Waals surface area contributed by atoms with Crippen molar-refractivity contribution in [3.63, 3.8) is 0 Å². The average Bonchev–Trinajstić information content (AvgIpc) is 2.29. The predicted molar refractivity (Wildman–Crippen MR) is 78.4 cm³/mol. The molecular weight excluding hydrogens is 280 g/mol. The van der Waals surface area contributed by atoms with Gasteiger partial charge in [0.15, 0.2) is 15.6 Å². The van der Waals surface area contributed by atoms with Crippen molar-refractivity contribution >= 4 is 21.4 Å². The lowest BCUT2D eigenvalue weighted by Crippen LogP contribution is -2.32. The number of primary amides is 1. The molecule has 0 radical (unpaired) electrons. The SMILES string of the molecule is CC(C)(C)S(=O)(=O)CCOc1c(N)cccc1C(N)=O. The summed E-state index contributed by atoms with van der Waals surface area (Å²) in [5, 5.41) is 0. The fourth-order valence-electron chi connectivity index (χ4n) is 1.47. The van der Waals surface area contributed by atoms with Crippen LogP contribution in [-0.4, -0.2) is 31.4 Å². The van der Waals surface area contributed by atoms with Crippen LogP contribution in [0.5, 0.6) is 5.75 Å². The minimum atomic E-state index is -3.30. The molecule has 1 aromatic rings. The molecule has 0 fully saturated rings. The lowest BCUT2D eigenvalue weighted by molar-refractivity contribution is 0.0997. The molecule has 0 aliphatic heterocycles. The zero-order valence-corrected chi connectivity index (χ0v) is 12.7. The zero-order valence-electron chi connectivity index (χ0n) is 11.8. The van der Waals surface area contributed by atoms with E-state index in [-0.39, 0.29) is 29.4 Å². The summed E-state index contributed by atoms with van der Waals surface area (Å²) >= 11 is 0. The van der Waals surface area contributed by atoms with Crippen LogP contribution < -0.4 is 16.2 Å². The summed E-state index contributed by atoms with van der Waals surface area (Å²) in [6, 6.07) is 4.61. The van der Waals surface area contributed by atoms with Gasteiger partial charge in [-0.3, -0.25) is 4.79 Å². The Morgan fingerprint density at radius 2 is 1.90 bits per heavy atom. The molecule has 0 bridgehead atoms. The lowest BCUT2D eigenvalue weighted by Gasteiger charge is -2.19. The number of sulfone groups is 1. The van der Waals surface area contributed by atoms with E-state index in [0.717, 1.165) is 0 Å². The first-order chi connectivity index (χ1) is 9.06. The van der Waals surface area contributed by atoms with Gasteiger partial charge in [-0.1, -0.05) is 6.07 Å². The molecule has 0 atom stereocenters. The third-order valence-corrected chi connectivity index (χ3v) is 5.41. The van der Waals surface area contributed by atoms with Crippen LogP contribution in [-0.2, 0) is 9.84 Å². The summed E-state index contributed by atoms with van der Waals surface area (Å²) in [4.78, 5) is 11.3. The van der Waals surface area contributed by atoms with E-state index in [1.807, 2.05) is 0 Å². The fraction of sp³-hybridized carbons (Fsp3) is 0.462. The van der Waals surface area contributed by atoms with Crippen molar-refractivity contribution in [2.45, 2.75) is 25.5 Å². The molecule has 1 aromatic carbocycles. The minimum Gasteiger partial charge on any atom is -0.490 e. The monoisotopic (exact) mass is 300 g/mol. The second kappa shape index (κ2) is 5.70. The molecule has 4 N–H and O–H groups in total. The normalized spacial score (nSPS) is 12.2. The van der Waals surface area contributed by atoms with Gasteiger partial charge in [-0.15, -0.1) is 0 Å². The van der Waals surface area contributed by atoms with Gasteiger partial charge in [0, 0.05) is 0 Å². The number of ether oxygens (including phenoxy) is 1. The van der Waals surface area contributed by atoms with Crippen molar-refractivity contribution in [1.29, 1.82) is 0 Å². The van der Waals surface area contributed by atoms with Crippen molar-refractivity contribution in [2.24, 2.45) is 5.73 Å². The van der Waals surface area contributed by atoms with Gasteiger partial charge in [-0.25, -0.2) is 8.42 Å². The van der Waals surface area contributed by atoms with Gasteiger partial charge in [0.05, 0.1) is 21.8 Å². The lowest BCUT2D eigenvalue weighted by atomic mass is 10.1. The van der Waals surface area contributed by atoms with E-state index in [1.165, 1.54) is 6.07 Å². The molecule has 1 rings (SSSR count). The molecular formula is C13H20N2O4S. The molecule has 7 heteroatoms. The molecule has 0 aliphatic rings. The van der Waals surface area contributed by atoms with Gasteiger partial charge < -0.3 is 16.2 Å². The first-order valence-corrected chi connectivity index (χ1v) is 7.75. The average molecular weight is 300 g/mol. The van der Waals surface area contributed by atoms with Gasteiger partial charge in [0.2, 0.25) is 0 Å². The maximum Gasteiger partial charge on any atom is 0.252 e. The van der Waals surface area contributed by atoms with Gasteiger partial charge >= 0.3 is 0 Å². The summed E-state index contributed by atoms with van der Waals surface area (Å²) in [5.74, 6) is -0.710. The number of amides is 1. The zero-order chi connectivity index (χ0) is 15.6. The van der Waals surface area contributed by atoms with E-state index < -0.39 is 20.5 Å². The first kappa shape index (κ1) is 16.3. The standard InChI is InChI=1S/C13H20N2O4S/c1-13(2,3)20(17,18)8-7-19-11-9(12(15)16)5-4-6-10(11)14/h4-6H,7-8,14H2,1-3H3,(H2,15,16). The Kier molecular flexibility index (Phi) is 4.65. The van der Waals surface area contributed by atoms with E-state index in [2.05, 4.69) is 0 Å². The van der Waals surface area contributed by atoms with Gasteiger partial charge in [0.1, 0.15) is 6.61 Å². The van der Waals surface area contributed by atoms with Crippen LogP contribution >= 0.6 is 0 Å². The van der Waals surface area contributed by atoms with Crippen molar-refractivity contribution in [1.82, 2.24) is 0 Å². The fourth-order valence-corrected chi connectivity index (χ4v) is 2.38. The van der Waals surface area contributed by atoms with Gasteiger partial charge in [-0.05, 0) is 32.9 Å². The molecule has 0 aliphatic carbocycles. The predicted octanol–water partition coefficient (Wildman–Crippen LogP) is 0.960. The quantitative estimate of drug-likeness (QED) is 0.786. The highest BCUT2D eigenvalue weighted by molar-refractivity contribution is 7.92. The third-order valence-electron chi connectivity index (χ3n) is 2.84. The Labute approximate surface area is 119 Å². The van der Waals surface area contributed by atoms with E-state index in [1.54, 1.807) is 32.9 Å². The van der Waals surface area contributed by atoms with Gasteiger partial charge in [0.25, 0.3) is 5.91 Å². The summed E-state index contributed by atoms with van der Waals surface area (Å²) in [7, 11) is -3.30. The first-order valence-electron chi connectivity index (χ1n) is 6.09. The molecule has 0 unspecified atom stereocenters. The second-order valence-corrected chi connectivity index (χ2v) is 8.23. The maximum atomic E-state index is 11.9. The Morgan fingerprint density at radius 1 is 1.30 bits per heavy atom. The number of hydrogen-bond acceptors (Lipinski definition) is 5. The smallest absolute Gasteiger partial charge is 0.252 e. The highest BCUT2D eigenvalue weighted by Crippen LogP contribution is 2.26. The molecule has 1 amide bonds. The molecule has 0 saturated carbocycles. The molecule has 0 spiro atoms. The highest BCUT2D eigenvalue weighted by atomic mass is 32.2. The summed E-state index contributed by atoms with van der Waals surface area (Å²) in [6.07, 6.45) is 0. The van der Waals surface area contributed by atoms with E-state index in [9.17, 15) is 13.2 Å². The van der Waals surface area contributed by atoms with Crippen LogP contribution in [0.1, 0.15) is 31.1 Å². The van der Waals surface area contributed by atoms with Crippen molar-refractivity contribution < 1.29 is 17.9 Å². The van der Waals surface area contributed by atoms with Crippen LogP contribution in [0.25, 0.3) is 0 Å². The number of nitrogens with two attached hydrogens (primary N) is 2. The maximum absolute atomic E-state index is 11.9. The van der Waals surface area contributed by atoms with Crippen LogP contribution in [0.4, 0.5) is 5.69 Å². The summed E-state index contributed by atoms with van der Waals surface area (Å²) < 4.78 is 28.4. The number of rotatable bonds is 5. The number of carbonyl (C=O) groups excluding carboxylic acids is 1. The van der Waals surface area contributed by atoms with Crippen LogP contribution in [0, 0.1) is 0 Å². The number of benzene rings is 1. The van der Waals surface area contributed by atoms with Crippen molar-refractivity contribution in [3.8, 4) is 5.75 Å². The minimum absolute atomic E-state index is 0.0892. The molecule has 0 aromatic heterocycles. The number of anilines is 1. The van der Waals surface area contributed by atoms with E-state index >= 15 is 0 Å². The Balaban J connectivity index is 2.85. The Morgan fingerprint density at radius 3 is 2.40 bits per heavy atom. The van der Waals surface area contributed by atoms with Crippen molar-refractivity contribution in [2.75, 3.05) is 18.1 Å². The van der Waals surface area contributed by atoms with Gasteiger partial charge in [-0.2, -0.15) is 0 Å². The molecule has 0 saturated heterocycles. The molecule has 6 nitrogen and oxygen atoms in total. The largest absolute Gasteiger partial charge is 0.490 e. The number of nitrogen functional groups attached to an aromatic ring is 1. The van der Waals surface area contributed by atoms with E-state index in [0.29, 0.717) is 0 Å². The third kappa shape index (κ3) is 3.63. The molecule has 20 heavy (non-hydrogen) atoms. The van der Waals surface area contributed by atoms with Crippen LogP contribution in [0.2, 0.25) is 0 Å². The Bertz CT molecular complexity index is 603. The van der Waals surface area contributed by atoms with Crippen molar-refractivity contribution in [3.05, 3.63) is 23.8 Å². The number of carbonyl (C=O) groups is 1. The summed E-state index contributed by atoms with van der Waals surface area (Å²) in [6.45, 7) is 4.77. The van der Waals surface area contributed by atoms with E-state index in [4.69, 9.17) is 16.2 Å². The number of para-hydroxylation sites is 1. The second-order valence-electron chi connectivity index (χ2n) is 5.37. The van der Waals surface area contributed by atoms with Crippen LogP contribution in [0.15, 0.2) is 18.2 Å². The summed E-state index contributed by atoms with van der Waals surface area (Å²) in [5.41, 5.74) is 11.3.